The molecule has 0 bridgehead atoms. The van der Waals surface area contributed by atoms with E-state index in [1.807, 2.05) is 32.0 Å². The second kappa shape index (κ2) is 6.48. The average molecular weight is 383 g/mol. The Hall–Kier alpha value is -2.25. The van der Waals surface area contributed by atoms with E-state index in [0.717, 1.165) is 21.1 Å². The molecule has 0 aliphatic rings. The van der Waals surface area contributed by atoms with Crippen molar-refractivity contribution in [2.75, 3.05) is 0 Å². The van der Waals surface area contributed by atoms with Crippen molar-refractivity contribution in [2.45, 2.75) is 38.0 Å². The predicted molar refractivity (Wildman–Crippen MR) is 108 cm³/mol. The van der Waals surface area contributed by atoms with Gasteiger partial charge in [-0.3, -0.25) is 4.79 Å². The number of aromatic nitrogens is 4. The molecular formula is C19H18N4OS2. The van der Waals surface area contributed by atoms with Gasteiger partial charge in [-0.1, -0.05) is 23.9 Å². The summed E-state index contributed by atoms with van der Waals surface area (Å²) in [5.74, 6) is 1.42. The Bertz CT molecular complexity index is 1200. The number of thioether (sulfide) groups is 1. The van der Waals surface area contributed by atoms with E-state index in [1.54, 1.807) is 29.2 Å². The Balaban J connectivity index is 1.78. The smallest absolute Gasteiger partial charge is 0.258 e. The lowest BCUT2D eigenvalue weighted by Gasteiger charge is -2.12. The number of nitrogens with zero attached hydrogens (tertiary/aromatic N) is 3. The molecule has 0 aliphatic carbocycles. The fraction of sp³-hybridized carbons (Fsp3) is 0.263. The minimum atomic E-state index is -0.107. The van der Waals surface area contributed by atoms with Gasteiger partial charge in [0.05, 0.1) is 16.2 Å². The molecule has 4 aromatic rings. The number of rotatable bonds is 3. The van der Waals surface area contributed by atoms with Crippen LogP contribution in [0.2, 0.25) is 0 Å². The van der Waals surface area contributed by atoms with Gasteiger partial charge in [-0.15, -0.1) is 11.3 Å². The standard InChI is InChI=1S/C19H18N4OS2/c1-9-10(2)25-18-15(9)19(21-12(4)20-18)26-11(3)16-22-14-8-6-5-7-13(14)17(24)23-16/h5-8,11H,1-4H3,(H,22,23,24)/t11-/m1/s1. The zero-order valence-corrected chi connectivity index (χ0v) is 16.6. The molecule has 0 saturated heterocycles. The molecule has 4 rings (SSSR count). The van der Waals surface area contributed by atoms with Crippen LogP contribution in [0.4, 0.5) is 0 Å². The molecule has 7 heteroatoms. The van der Waals surface area contributed by atoms with Crippen molar-refractivity contribution >= 4 is 44.2 Å². The maximum atomic E-state index is 12.4. The highest BCUT2D eigenvalue weighted by Gasteiger charge is 2.18. The first-order valence-corrected chi connectivity index (χ1v) is 10.0. The largest absolute Gasteiger partial charge is 0.309 e. The average Bonchev–Trinajstić information content (AvgIpc) is 2.88. The molecule has 3 aromatic heterocycles. The van der Waals surface area contributed by atoms with Crippen LogP contribution in [-0.4, -0.2) is 19.9 Å². The van der Waals surface area contributed by atoms with Crippen LogP contribution in [0.3, 0.4) is 0 Å². The molecule has 0 spiro atoms. The number of thiophene rings is 1. The van der Waals surface area contributed by atoms with Gasteiger partial charge in [0.2, 0.25) is 0 Å². The molecule has 0 radical (unpaired) electrons. The van der Waals surface area contributed by atoms with Crippen LogP contribution in [0.25, 0.3) is 21.1 Å². The molecule has 0 saturated carbocycles. The summed E-state index contributed by atoms with van der Waals surface area (Å²) < 4.78 is 0. The van der Waals surface area contributed by atoms with Crippen LogP contribution in [0.15, 0.2) is 34.1 Å². The number of hydrogen-bond acceptors (Lipinski definition) is 6. The van der Waals surface area contributed by atoms with Gasteiger partial charge >= 0.3 is 0 Å². The van der Waals surface area contributed by atoms with Gasteiger partial charge in [0.1, 0.15) is 21.5 Å². The number of aromatic amines is 1. The number of fused-ring (bicyclic) bond motifs is 2. The summed E-state index contributed by atoms with van der Waals surface area (Å²) in [4.78, 5) is 31.4. The lowest BCUT2D eigenvalue weighted by atomic mass is 10.2. The Kier molecular flexibility index (Phi) is 4.28. The molecule has 0 unspecified atom stereocenters. The summed E-state index contributed by atoms with van der Waals surface area (Å²) in [6, 6.07) is 7.40. The van der Waals surface area contributed by atoms with Crippen molar-refractivity contribution in [1.82, 2.24) is 19.9 Å². The van der Waals surface area contributed by atoms with E-state index in [2.05, 4.69) is 33.8 Å². The van der Waals surface area contributed by atoms with E-state index in [1.165, 1.54) is 10.4 Å². The fourth-order valence-corrected chi connectivity index (χ4v) is 5.17. The Labute approximate surface area is 158 Å². The first kappa shape index (κ1) is 17.2. The number of hydrogen-bond donors (Lipinski definition) is 1. The van der Waals surface area contributed by atoms with Gasteiger partial charge in [0.25, 0.3) is 5.56 Å². The van der Waals surface area contributed by atoms with Gasteiger partial charge in [-0.2, -0.15) is 0 Å². The summed E-state index contributed by atoms with van der Waals surface area (Å²) in [7, 11) is 0. The van der Waals surface area contributed by atoms with Crippen LogP contribution < -0.4 is 5.56 Å². The minimum Gasteiger partial charge on any atom is -0.309 e. The van der Waals surface area contributed by atoms with Crippen molar-refractivity contribution in [1.29, 1.82) is 0 Å². The highest BCUT2D eigenvalue weighted by Crippen LogP contribution is 2.40. The minimum absolute atomic E-state index is 0.0376. The van der Waals surface area contributed by atoms with Gasteiger partial charge in [0.15, 0.2) is 0 Å². The van der Waals surface area contributed by atoms with Crippen molar-refractivity contribution in [2.24, 2.45) is 0 Å². The van der Waals surface area contributed by atoms with Crippen molar-refractivity contribution < 1.29 is 0 Å². The Morgan fingerprint density at radius 2 is 1.88 bits per heavy atom. The van der Waals surface area contributed by atoms with Crippen LogP contribution in [0, 0.1) is 20.8 Å². The van der Waals surface area contributed by atoms with Gasteiger partial charge in [0, 0.05) is 10.3 Å². The van der Waals surface area contributed by atoms with E-state index in [9.17, 15) is 4.79 Å². The molecule has 132 valence electrons. The molecule has 1 N–H and O–H groups in total. The number of para-hydroxylation sites is 1. The zero-order chi connectivity index (χ0) is 18.4. The molecular weight excluding hydrogens is 364 g/mol. The maximum absolute atomic E-state index is 12.4. The highest BCUT2D eigenvalue weighted by atomic mass is 32.2. The number of H-pyrrole nitrogens is 1. The highest BCUT2D eigenvalue weighted by molar-refractivity contribution is 7.99. The molecule has 3 heterocycles. The third kappa shape index (κ3) is 2.91. The second-order valence-corrected chi connectivity index (χ2v) is 8.80. The van der Waals surface area contributed by atoms with Crippen LogP contribution in [0.5, 0.6) is 0 Å². The summed E-state index contributed by atoms with van der Waals surface area (Å²) in [5.41, 5.74) is 1.83. The SMILES string of the molecule is Cc1nc(S[C@H](C)c2nc3ccccc3c(=O)[nH]2)c2c(C)c(C)sc2n1. The first-order chi connectivity index (χ1) is 12.4. The topological polar surface area (TPSA) is 71.5 Å². The maximum Gasteiger partial charge on any atom is 0.258 e. The van der Waals surface area contributed by atoms with E-state index in [4.69, 9.17) is 0 Å². The first-order valence-electron chi connectivity index (χ1n) is 8.34. The normalized spacial score (nSPS) is 12.8. The van der Waals surface area contributed by atoms with Crippen LogP contribution >= 0.6 is 23.1 Å². The molecule has 26 heavy (non-hydrogen) atoms. The van der Waals surface area contributed by atoms with Gasteiger partial charge in [-0.25, -0.2) is 15.0 Å². The second-order valence-electron chi connectivity index (χ2n) is 6.27. The molecule has 1 aromatic carbocycles. The van der Waals surface area contributed by atoms with E-state index < -0.39 is 0 Å². The quantitative estimate of drug-likeness (QED) is 0.410. The number of benzene rings is 1. The monoisotopic (exact) mass is 382 g/mol. The summed E-state index contributed by atoms with van der Waals surface area (Å²) in [6.45, 7) is 8.17. The third-order valence-electron chi connectivity index (χ3n) is 4.41. The van der Waals surface area contributed by atoms with Crippen molar-refractivity contribution in [3.63, 3.8) is 0 Å². The van der Waals surface area contributed by atoms with Crippen LogP contribution in [-0.2, 0) is 0 Å². The van der Waals surface area contributed by atoms with E-state index >= 15 is 0 Å². The lowest BCUT2D eigenvalue weighted by Crippen LogP contribution is -2.12. The molecule has 0 aliphatic heterocycles. The van der Waals surface area contributed by atoms with Gasteiger partial charge in [-0.05, 0) is 45.4 Å². The number of nitrogens with one attached hydrogen (secondary N) is 1. The van der Waals surface area contributed by atoms with Crippen LogP contribution in [0.1, 0.15) is 34.3 Å². The lowest BCUT2D eigenvalue weighted by molar-refractivity contribution is 0.915. The predicted octanol–water partition coefficient (Wildman–Crippen LogP) is 4.71. The fourth-order valence-electron chi connectivity index (χ4n) is 2.92. The van der Waals surface area contributed by atoms with Crippen molar-refractivity contribution in [3.8, 4) is 0 Å². The zero-order valence-electron chi connectivity index (χ0n) is 15.0. The molecule has 5 nitrogen and oxygen atoms in total. The van der Waals surface area contributed by atoms with Crippen molar-refractivity contribution in [3.05, 3.63) is 56.7 Å². The summed E-state index contributed by atoms with van der Waals surface area (Å²) in [6.07, 6.45) is 0. The Morgan fingerprint density at radius 3 is 2.69 bits per heavy atom. The third-order valence-corrected chi connectivity index (χ3v) is 6.61. The summed E-state index contributed by atoms with van der Waals surface area (Å²) in [5, 5.41) is 2.62. The van der Waals surface area contributed by atoms with E-state index in [-0.39, 0.29) is 10.8 Å². The summed E-state index contributed by atoms with van der Waals surface area (Å²) >= 11 is 3.30. The molecule has 1 atom stereocenters. The molecule has 0 amide bonds. The van der Waals surface area contributed by atoms with Gasteiger partial charge < -0.3 is 4.98 Å². The molecule has 0 fully saturated rings. The Morgan fingerprint density at radius 1 is 1.12 bits per heavy atom. The van der Waals surface area contributed by atoms with E-state index in [0.29, 0.717) is 16.7 Å². The number of aryl methyl sites for hydroxylation is 3.